The molecule has 5 heteroatoms. The van der Waals surface area contributed by atoms with Crippen LogP contribution in [0.4, 0.5) is 0 Å². The van der Waals surface area contributed by atoms with Gasteiger partial charge in [0.25, 0.3) is 0 Å². The first kappa shape index (κ1) is 15.1. The van der Waals surface area contributed by atoms with Crippen molar-refractivity contribution in [3.63, 3.8) is 0 Å². The van der Waals surface area contributed by atoms with Gasteiger partial charge in [0.1, 0.15) is 0 Å². The van der Waals surface area contributed by atoms with E-state index in [1.807, 2.05) is 0 Å². The van der Waals surface area contributed by atoms with Crippen LogP contribution in [0.15, 0.2) is 0 Å². The Hall–Kier alpha value is -0.320. The molecule has 2 bridgehead atoms. The standard InChI is InChI=1S/C14H24N2O2.ClH/c1-18-11-5-4-10(7-11)16-14(17)12-8-2-3-9(6-8)13(12)15;/h8-13H,2-7,15H2,1H3,(H,16,17);1H. The van der Waals surface area contributed by atoms with Gasteiger partial charge >= 0.3 is 0 Å². The molecule has 0 aliphatic heterocycles. The zero-order valence-corrected chi connectivity index (χ0v) is 12.3. The highest BCUT2D eigenvalue weighted by atomic mass is 35.5. The first-order chi connectivity index (χ1) is 8.69. The lowest BCUT2D eigenvalue weighted by Gasteiger charge is -2.28. The van der Waals surface area contributed by atoms with Crippen LogP contribution in [0.1, 0.15) is 38.5 Å². The van der Waals surface area contributed by atoms with Gasteiger partial charge in [0.05, 0.1) is 12.0 Å². The second kappa shape index (κ2) is 5.98. The molecule has 3 N–H and O–H groups in total. The number of ether oxygens (including phenoxy) is 1. The second-order valence-electron chi connectivity index (χ2n) is 6.31. The van der Waals surface area contributed by atoms with Crippen LogP contribution < -0.4 is 11.1 Å². The van der Waals surface area contributed by atoms with E-state index in [1.54, 1.807) is 7.11 Å². The zero-order valence-electron chi connectivity index (χ0n) is 11.5. The predicted molar refractivity (Wildman–Crippen MR) is 76.1 cm³/mol. The van der Waals surface area contributed by atoms with Gasteiger partial charge in [-0.2, -0.15) is 0 Å². The van der Waals surface area contributed by atoms with Gasteiger partial charge in [-0.25, -0.2) is 0 Å². The van der Waals surface area contributed by atoms with E-state index in [1.165, 1.54) is 19.3 Å². The molecule has 3 fully saturated rings. The molecular weight excluding hydrogens is 264 g/mol. The normalized spacial score (nSPS) is 44.1. The van der Waals surface area contributed by atoms with Gasteiger partial charge in [-0.3, -0.25) is 4.79 Å². The first-order valence-corrected chi connectivity index (χ1v) is 7.27. The minimum Gasteiger partial charge on any atom is -0.381 e. The van der Waals surface area contributed by atoms with Crippen LogP contribution in [-0.4, -0.2) is 31.2 Å². The quantitative estimate of drug-likeness (QED) is 0.826. The van der Waals surface area contributed by atoms with E-state index in [0.29, 0.717) is 24.0 Å². The van der Waals surface area contributed by atoms with Crippen molar-refractivity contribution in [2.24, 2.45) is 23.5 Å². The molecule has 0 saturated heterocycles. The molecule has 4 nitrogen and oxygen atoms in total. The summed E-state index contributed by atoms with van der Waals surface area (Å²) in [5.41, 5.74) is 6.21. The molecule has 0 aromatic heterocycles. The number of halogens is 1. The molecule has 0 aromatic carbocycles. The molecule has 1 amide bonds. The summed E-state index contributed by atoms with van der Waals surface area (Å²) in [4.78, 5) is 12.4. The summed E-state index contributed by atoms with van der Waals surface area (Å²) in [7, 11) is 1.75. The fourth-order valence-corrected chi connectivity index (χ4v) is 4.31. The van der Waals surface area contributed by atoms with Gasteiger partial charge in [-0.1, -0.05) is 0 Å². The average molecular weight is 289 g/mol. The molecule has 0 spiro atoms. The lowest BCUT2D eigenvalue weighted by atomic mass is 9.84. The summed E-state index contributed by atoms with van der Waals surface area (Å²) in [6.45, 7) is 0. The Morgan fingerprint density at radius 1 is 1.16 bits per heavy atom. The molecule has 6 atom stereocenters. The van der Waals surface area contributed by atoms with Gasteiger partial charge < -0.3 is 15.8 Å². The maximum Gasteiger partial charge on any atom is 0.225 e. The Labute approximate surface area is 121 Å². The SMILES string of the molecule is COC1CCC(NC(=O)C2C3CCC(C3)C2N)C1.Cl. The van der Waals surface area contributed by atoms with E-state index in [-0.39, 0.29) is 30.3 Å². The summed E-state index contributed by atoms with van der Waals surface area (Å²) in [6, 6.07) is 0.400. The smallest absolute Gasteiger partial charge is 0.225 e. The number of nitrogens with two attached hydrogens (primary N) is 1. The average Bonchev–Trinajstić information content (AvgIpc) is 3.03. The first-order valence-electron chi connectivity index (χ1n) is 7.27. The van der Waals surface area contributed by atoms with Crippen molar-refractivity contribution in [2.45, 2.75) is 56.7 Å². The summed E-state index contributed by atoms with van der Waals surface area (Å²) >= 11 is 0. The summed E-state index contributed by atoms with van der Waals surface area (Å²) in [6.07, 6.45) is 6.98. The van der Waals surface area contributed by atoms with Crippen LogP contribution in [0.2, 0.25) is 0 Å². The third kappa shape index (κ3) is 2.76. The van der Waals surface area contributed by atoms with E-state index in [0.717, 1.165) is 19.3 Å². The number of fused-ring (bicyclic) bond motifs is 2. The number of rotatable bonds is 3. The Kier molecular flexibility index (Phi) is 4.75. The highest BCUT2D eigenvalue weighted by molar-refractivity contribution is 5.85. The zero-order chi connectivity index (χ0) is 12.7. The van der Waals surface area contributed by atoms with E-state index in [4.69, 9.17) is 10.5 Å². The number of hydrogen-bond acceptors (Lipinski definition) is 3. The largest absolute Gasteiger partial charge is 0.381 e. The van der Waals surface area contributed by atoms with Gasteiger partial charge in [0, 0.05) is 19.2 Å². The van der Waals surface area contributed by atoms with Crippen LogP contribution in [0.3, 0.4) is 0 Å². The van der Waals surface area contributed by atoms with Gasteiger partial charge in [-0.15, -0.1) is 12.4 Å². The Morgan fingerprint density at radius 2 is 1.89 bits per heavy atom. The highest BCUT2D eigenvalue weighted by Gasteiger charge is 2.49. The number of hydrogen-bond donors (Lipinski definition) is 2. The van der Waals surface area contributed by atoms with Gasteiger partial charge in [0.2, 0.25) is 5.91 Å². The Balaban J connectivity index is 0.00000133. The number of amides is 1. The van der Waals surface area contributed by atoms with E-state index >= 15 is 0 Å². The topological polar surface area (TPSA) is 64.3 Å². The van der Waals surface area contributed by atoms with Crippen molar-refractivity contribution in [1.29, 1.82) is 0 Å². The lowest BCUT2D eigenvalue weighted by Crippen LogP contribution is -2.47. The molecule has 3 aliphatic rings. The third-order valence-corrected chi connectivity index (χ3v) is 5.35. The minimum absolute atomic E-state index is 0. The molecule has 3 saturated carbocycles. The van der Waals surface area contributed by atoms with Crippen LogP contribution in [0, 0.1) is 17.8 Å². The van der Waals surface area contributed by atoms with Crippen LogP contribution in [0.25, 0.3) is 0 Å². The third-order valence-electron chi connectivity index (χ3n) is 5.35. The molecule has 3 rings (SSSR count). The van der Waals surface area contributed by atoms with Crippen molar-refractivity contribution in [1.82, 2.24) is 5.32 Å². The molecule has 3 aliphatic carbocycles. The molecular formula is C14H25ClN2O2. The van der Waals surface area contributed by atoms with Crippen LogP contribution in [0.5, 0.6) is 0 Å². The minimum atomic E-state index is 0. The number of methoxy groups -OCH3 is 1. The molecule has 6 unspecified atom stereocenters. The molecule has 0 radical (unpaired) electrons. The molecule has 19 heavy (non-hydrogen) atoms. The fraction of sp³-hybridized carbons (Fsp3) is 0.929. The van der Waals surface area contributed by atoms with E-state index in [2.05, 4.69) is 5.32 Å². The number of carbonyl (C=O) groups excluding carboxylic acids is 1. The summed E-state index contributed by atoms with van der Waals surface area (Å²) in [5.74, 6) is 1.42. The highest BCUT2D eigenvalue weighted by Crippen LogP contribution is 2.47. The maximum atomic E-state index is 12.4. The lowest BCUT2D eigenvalue weighted by molar-refractivity contribution is -0.127. The molecule has 0 heterocycles. The molecule has 110 valence electrons. The van der Waals surface area contributed by atoms with Crippen LogP contribution >= 0.6 is 12.4 Å². The van der Waals surface area contributed by atoms with Crippen LogP contribution in [-0.2, 0) is 9.53 Å². The van der Waals surface area contributed by atoms with E-state index < -0.39 is 0 Å². The molecule has 0 aromatic rings. The Bertz CT molecular complexity index is 337. The maximum absolute atomic E-state index is 12.4. The summed E-state index contributed by atoms with van der Waals surface area (Å²) in [5, 5.41) is 3.20. The van der Waals surface area contributed by atoms with Crippen molar-refractivity contribution >= 4 is 18.3 Å². The monoisotopic (exact) mass is 288 g/mol. The number of carbonyl (C=O) groups is 1. The second-order valence-corrected chi connectivity index (χ2v) is 6.31. The van der Waals surface area contributed by atoms with Gasteiger partial charge in [0.15, 0.2) is 0 Å². The van der Waals surface area contributed by atoms with Gasteiger partial charge in [-0.05, 0) is 50.4 Å². The van der Waals surface area contributed by atoms with Crippen molar-refractivity contribution in [2.75, 3.05) is 7.11 Å². The fourth-order valence-electron chi connectivity index (χ4n) is 4.31. The predicted octanol–water partition coefficient (Wildman–Crippen LogP) is 1.47. The van der Waals surface area contributed by atoms with Crippen molar-refractivity contribution in [3.8, 4) is 0 Å². The Morgan fingerprint density at radius 3 is 2.47 bits per heavy atom. The van der Waals surface area contributed by atoms with Crippen molar-refractivity contribution in [3.05, 3.63) is 0 Å². The number of nitrogens with one attached hydrogen (secondary N) is 1. The summed E-state index contributed by atoms with van der Waals surface area (Å²) < 4.78 is 5.34. The van der Waals surface area contributed by atoms with Crippen molar-refractivity contribution < 1.29 is 9.53 Å². The van der Waals surface area contributed by atoms with E-state index in [9.17, 15) is 4.79 Å².